The van der Waals surface area contributed by atoms with Crippen molar-refractivity contribution >= 4 is 29.7 Å². The lowest BCUT2D eigenvalue weighted by atomic mass is 10.0. The zero-order valence-corrected chi connectivity index (χ0v) is 14.2. The van der Waals surface area contributed by atoms with E-state index in [1.54, 1.807) is 0 Å². The second-order valence-corrected chi connectivity index (χ2v) is 5.39. The fraction of sp³-hybridized carbons (Fsp3) is 0.278. The number of rotatable bonds is 4. The van der Waals surface area contributed by atoms with E-state index >= 15 is 0 Å². The molecule has 0 saturated heterocycles. The first kappa shape index (κ1) is 18.1. The molecule has 0 aromatic heterocycles. The monoisotopic (exact) mass is 317 g/mol. The highest BCUT2D eigenvalue weighted by Gasteiger charge is 2.05. The summed E-state index contributed by atoms with van der Waals surface area (Å²) in [5.74, 6) is 0.831. The van der Waals surface area contributed by atoms with Crippen LogP contribution in [0.4, 0.5) is 11.4 Å². The fourth-order valence-electron chi connectivity index (χ4n) is 2.25. The van der Waals surface area contributed by atoms with Gasteiger partial charge >= 0.3 is 0 Å². The molecule has 2 rings (SSSR count). The molecule has 0 aliphatic heterocycles. The number of hydrogen-bond acceptors (Lipinski definition) is 1. The molecule has 4 heteroatoms. The second-order valence-electron chi connectivity index (χ2n) is 5.39. The lowest BCUT2D eigenvalue weighted by Gasteiger charge is -2.11. The predicted molar refractivity (Wildman–Crippen MR) is 98.5 cm³/mol. The SMILES string of the molecule is CCc1cccc(NC(N)=Nc2ccccc2C(C)C)c1.Cl. The molecule has 22 heavy (non-hydrogen) atoms. The summed E-state index contributed by atoms with van der Waals surface area (Å²) in [4.78, 5) is 4.51. The number of benzene rings is 2. The van der Waals surface area contributed by atoms with Crippen LogP contribution in [-0.4, -0.2) is 5.96 Å². The van der Waals surface area contributed by atoms with Gasteiger partial charge < -0.3 is 11.1 Å². The predicted octanol–water partition coefficient (Wildman–Crippen LogP) is 4.85. The van der Waals surface area contributed by atoms with Crippen LogP contribution < -0.4 is 11.1 Å². The van der Waals surface area contributed by atoms with Gasteiger partial charge in [-0.3, -0.25) is 0 Å². The quantitative estimate of drug-likeness (QED) is 0.625. The van der Waals surface area contributed by atoms with Gasteiger partial charge in [0.15, 0.2) is 5.96 Å². The molecule has 0 aliphatic carbocycles. The number of halogens is 1. The molecule has 0 spiro atoms. The van der Waals surface area contributed by atoms with Gasteiger partial charge in [0.05, 0.1) is 5.69 Å². The Morgan fingerprint density at radius 2 is 1.86 bits per heavy atom. The minimum atomic E-state index is 0. The number of aryl methyl sites for hydroxylation is 1. The third-order valence-corrected chi connectivity index (χ3v) is 3.41. The summed E-state index contributed by atoms with van der Waals surface area (Å²) in [6.07, 6.45) is 1.00. The average Bonchev–Trinajstić information content (AvgIpc) is 2.47. The third-order valence-electron chi connectivity index (χ3n) is 3.41. The smallest absolute Gasteiger partial charge is 0.198 e. The van der Waals surface area contributed by atoms with Crippen LogP contribution in [0.2, 0.25) is 0 Å². The number of guanidine groups is 1. The van der Waals surface area contributed by atoms with Crippen molar-refractivity contribution in [3.63, 3.8) is 0 Å². The normalized spacial score (nSPS) is 11.2. The zero-order valence-electron chi connectivity index (χ0n) is 13.3. The van der Waals surface area contributed by atoms with Gasteiger partial charge in [0, 0.05) is 5.69 Å². The van der Waals surface area contributed by atoms with Crippen molar-refractivity contribution in [1.82, 2.24) is 0 Å². The Bertz CT molecular complexity index is 636. The van der Waals surface area contributed by atoms with E-state index in [4.69, 9.17) is 5.73 Å². The largest absolute Gasteiger partial charge is 0.369 e. The molecule has 0 unspecified atom stereocenters. The molecule has 0 amide bonds. The second kappa shape index (κ2) is 8.44. The highest BCUT2D eigenvalue weighted by Crippen LogP contribution is 2.26. The van der Waals surface area contributed by atoms with Gasteiger partial charge in [-0.25, -0.2) is 4.99 Å². The molecule has 0 heterocycles. The molecule has 3 N–H and O–H groups in total. The van der Waals surface area contributed by atoms with Crippen molar-refractivity contribution in [2.24, 2.45) is 10.7 Å². The topological polar surface area (TPSA) is 50.4 Å². The number of nitrogens with one attached hydrogen (secondary N) is 1. The summed E-state index contributed by atoms with van der Waals surface area (Å²) in [5.41, 5.74) is 10.4. The first-order chi connectivity index (χ1) is 10.1. The zero-order chi connectivity index (χ0) is 15.2. The third kappa shape index (κ3) is 4.78. The maximum absolute atomic E-state index is 6.04. The van der Waals surface area contributed by atoms with E-state index in [0.29, 0.717) is 11.9 Å². The molecule has 0 saturated carbocycles. The number of para-hydroxylation sites is 1. The molecule has 0 radical (unpaired) electrons. The Balaban J connectivity index is 0.00000242. The Kier molecular flexibility index (Phi) is 6.93. The summed E-state index contributed by atoms with van der Waals surface area (Å²) < 4.78 is 0. The van der Waals surface area contributed by atoms with Crippen molar-refractivity contribution in [2.75, 3.05) is 5.32 Å². The van der Waals surface area contributed by atoms with Crippen LogP contribution in [0.5, 0.6) is 0 Å². The number of nitrogens with zero attached hydrogens (tertiary/aromatic N) is 1. The molecular formula is C18H24ClN3. The lowest BCUT2D eigenvalue weighted by Crippen LogP contribution is -2.22. The van der Waals surface area contributed by atoms with Gasteiger partial charge in [-0.2, -0.15) is 0 Å². The van der Waals surface area contributed by atoms with E-state index in [2.05, 4.69) is 49.3 Å². The lowest BCUT2D eigenvalue weighted by molar-refractivity contribution is 0.867. The maximum atomic E-state index is 6.04. The number of aliphatic imine (C=N–C) groups is 1. The van der Waals surface area contributed by atoms with Crippen molar-refractivity contribution in [3.8, 4) is 0 Å². The Hall–Kier alpha value is -2.00. The first-order valence-electron chi connectivity index (χ1n) is 7.39. The van der Waals surface area contributed by atoms with E-state index < -0.39 is 0 Å². The van der Waals surface area contributed by atoms with E-state index in [1.807, 2.05) is 30.3 Å². The maximum Gasteiger partial charge on any atom is 0.198 e. The average molecular weight is 318 g/mol. The van der Waals surface area contributed by atoms with Crippen molar-refractivity contribution in [3.05, 3.63) is 59.7 Å². The summed E-state index contributed by atoms with van der Waals surface area (Å²) in [5, 5.41) is 3.16. The molecule has 0 fully saturated rings. The van der Waals surface area contributed by atoms with E-state index in [-0.39, 0.29) is 12.4 Å². The molecule has 0 aliphatic rings. The van der Waals surface area contributed by atoms with Crippen LogP contribution in [0, 0.1) is 0 Å². The van der Waals surface area contributed by atoms with Crippen LogP contribution in [0.15, 0.2) is 53.5 Å². The van der Waals surface area contributed by atoms with Crippen LogP contribution in [0.25, 0.3) is 0 Å². The first-order valence-corrected chi connectivity index (χ1v) is 7.39. The van der Waals surface area contributed by atoms with Gasteiger partial charge in [0.2, 0.25) is 0 Å². The van der Waals surface area contributed by atoms with Crippen molar-refractivity contribution < 1.29 is 0 Å². The summed E-state index contributed by atoms with van der Waals surface area (Å²) in [7, 11) is 0. The highest BCUT2D eigenvalue weighted by molar-refractivity contribution is 5.94. The molecule has 0 bridgehead atoms. The van der Waals surface area contributed by atoms with Crippen LogP contribution in [-0.2, 0) is 6.42 Å². The van der Waals surface area contributed by atoms with Crippen LogP contribution >= 0.6 is 12.4 Å². The van der Waals surface area contributed by atoms with E-state index in [1.165, 1.54) is 11.1 Å². The van der Waals surface area contributed by atoms with Crippen molar-refractivity contribution in [1.29, 1.82) is 0 Å². The Labute approximate surface area is 139 Å². The molecule has 2 aromatic rings. The minimum absolute atomic E-state index is 0. The molecule has 2 aromatic carbocycles. The summed E-state index contributed by atoms with van der Waals surface area (Å²) >= 11 is 0. The standard InChI is InChI=1S/C18H23N3.ClH/c1-4-14-8-7-9-15(12-14)20-18(19)21-17-11-6-5-10-16(17)13(2)3;/h5-13H,4H2,1-3H3,(H3,19,20,21);1H. The highest BCUT2D eigenvalue weighted by atomic mass is 35.5. The van der Waals surface area contributed by atoms with Gasteiger partial charge in [-0.15, -0.1) is 12.4 Å². The molecule has 118 valence electrons. The fourth-order valence-corrected chi connectivity index (χ4v) is 2.25. The van der Waals surface area contributed by atoms with Gasteiger partial charge in [-0.1, -0.05) is 51.1 Å². The van der Waals surface area contributed by atoms with Crippen LogP contribution in [0.3, 0.4) is 0 Å². The number of anilines is 1. The van der Waals surface area contributed by atoms with Gasteiger partial charge in [-0.05, 0) is 41.7 Å². The van der Waals surface area contributed by atoms with E-state index in [0.717, 1.165) is 17.8 Å². The minimum Gasteiger partial charge on any atom is -0.369 e. The van der Waals surface area contributed by atoms with Gasteiger partial charge in [0.25, 0.3) is 0 Å². The number of hydrogen-bond donors (Lipinski definition) is 2. The van der Waals surface area contributed by atoms with Gasteiger partial charge in [0.1, 0.15) is 0 Å². The van der Waals surface area contributed by atoms with E-state index in [9.17, 15) is 0 Å². The molecule has 3 nitrogen and oxygen atoms in total. The Morgan fingerprint density at radius 1 is 1.14 bits per heavy atom. The molecular weight excluding hydrogens is 294 g/mol. The van der Waals surface area contributed by atoms with Crippen molar-refractivity contribution in [2.45, 2.75) is 33.1 Å². The summed E-state index contributed by atoms with van der Waals surface area (Å²) in [6, 6.07) is 16.3. The molecule has 0 atom stereocenters. The number of nitrogens with two attached hydrogens (primary N) is 1. The summed E-state index contributed by atoms with van der Waals surface area (Å²) in [6.45, 7) is 6.45. The van der Waals surface area contributed by atoms with Crippen LogP contribution in [0.1, 0.15) is 37.8 Å². The Morgan fingerprint density at radius 3 is 2.55 bits per heavy atom.